The number of para-hydroxylation sites is 1. The van der Waals surface area contributed by atoms with Gasteiger partial charge in [-0.15, -0.1) is 10.2 Å². The van der Waals surface area contributed by atoms with Gasteiger partial charge in [-0.3, -0.25) is 9.59 Å². The lowest BCUT2D eigenvalue weighted by Crippen LogP contribution is -2.41. The Bertz CT molecular complexity index is 1710. The Kier molecular flexibility index (Phi) is 8.04. The number of rotatable bonds is 6. The molecule has 0 aliphatic rings. The van der Waals surface area contributed by atoms with Gasteiger partial charge in [0.15, 0.2) is 0 Å². The van der Waals surface area contributed by atoms with Crippen LogP contribution in [0.25, 0.3) is 5.69 Å². The monoisotopic (exact) mass is 603 g/mol. The molecule has 2 N–H and O–H groups in total. The first-order chi connectivity index (χ1) is 19.6. The molecule has 0 saturated carbocycles. The molecule has 2 aromatic heterocycles. The number of aryl methyl sites for hydroxylation is 1. The number of alkyl halides is 3. The van der Waals surface area contributed by atoms with Crippen molar-refractivity contribution >= 4 is 29.1 Å². The maximum atomic E-state index is 14.9. The van der Waals surface area contributed by atoms with E-state index in [0.717, 1.165) is 10.7 Å². The predicted molar refractivity (Wildman–Crippen MR) is 142 cm³/mol. The molecule has 0 aliphatic heterocycles. The molecule has 0 atom stereocenters. The Labute approximate surface area is 241 Å². The van der Waals surface area contributed by atoms with E-state index in [1.54, 1.807) is 27.7 Å². The van der Waals surface area contributed by atoms with Crippen LogP contribution in [0.1, 0.15) is 64.3 Å². The molecular weight excluding hydrogens is 582 g/mol. The third-order valence-electron chi connectivity index (χ3n) is 5.59. The zero-order valence-electron chi connectivity index (χ0n) is 22.5. The van der Waals surface area contributed by atoms with E-state index in [9.17, 15) is 32.4 Å². The summed E-state index contributed by atoms with van der Waals surface area (Å²) in [7, 11) is 0. The Balaban J connectivity index is 1.79. The van der Waals surface area contributed by atoms with Crippen molar-refractivity contribution in [3.63, 3.8) is 0 Å². The highest BCUT2D eigenvalue weighted by molar-refractivity contribution is 6.32. The van der Waals surface area contributed by atoms with Crippen molar-refractivity contribution in [3.8, 4) is 11.8 Å². The van der Waals surface area contributed by atoms with Gasteiger partial charge in [-0.1, -0.05) is 17.7 Å². The van der Waals surface area contributed by atoms with Crippen molar-refractivity contribution in [1.82, 2.24) is 35.3 Å². The number of carbonyl (C=O) groups is 2. The number of carbonyl (C=O) groups excluding carboxylic acids is 2. The highest BCUT2D eigenvalue weighted by atomic mass is 35.5. The summed E-state index contributed by atoms with van der Waals surface area (Å²) < 4.78 is 54.6. The van der Waals surface area contributed by atoms with Gasteiger partial charge in [0.05, 0.1) is 33.6 Å². The second-order valence-electron chi connectivity index (χ2n) is 10.1. The minimum absolute atomic E-state index is 0.00321. The van der Waals surface area contributed by atoms with Gasteiger partial charge in [-0.05, 0) is 68.8 Å². The first-order valence-corrected chi connectivity index (χ1v) is 12.5. The lowest BCUT2D eigenvalue weighted by Gasteiger charge is -2.22. The van der Waals surface area contributed by atoms with E-state index in [0.29, 0.717) is 10.4 Å². The lowest BCUT2D eigenvalue weighted by atomic mass is 10.0. The first kappa shape index (κ1) is 30.1. The molecule has 42 heavy (non-hydrogen) atoms. The number of nitrogens with one attached hydrogen (secondary N) is 2. The summed E-state index contributed by atoms with van der Waals surface area (Å²) in [5.74, 6) is -3.76. The van der Waals surface area contributed by atoms with Gasteiger partial charge in [-0.25, -0.2) is 9.07 Å². The van der Waals surface area contributed by atoms with Crippen LogP contribution in [-0.4, -0.2) is 47.3 Å². The van der Waals surface area contributed by atoms with Crippen LogP contribution in [-0.2, 0) is 12.7 Å². The Hall–Kier alpha value is -4.84. The number of nitrogens with zero attached hydrogens (tertiary/aromatic N) is 7. The second kappa shape index (κ2) is 11.2. The van der Waals surface area contributed by atoms with E-state index in [1.807, 2.05) is 6.07 Å². The summed E-state index contributed by atoms with van der Waals surface area (Å²) in [5.41, 5.74) is -0.645. The van der Waals surface area contributed by atoms with E-state index in [4.69, 9.17) is 11.6 Å². The minimum Gasteiger partial charge on any atom is -0.347 e. The fourth-order valence-electron chi connectivity index (χ4n) is 3.88. The zero-order chi connectivity index (χ0) is 31.0. The topological polar surface area (TPSA) is 143 Å². The summed E-state index contributed by atoms with van der Waals surface area (Å²) >= 11 is 6.23. The number of halogens is 5. The van der Waals surface area contributed by atoms with Crippen LogP contribution >= 0.6 is 11.6 Å². The van der Waals surface area contributed by atoms with Gasteiger partial charge < -0.3 is 10.6 Å². The van der Waals surface area contributed by atoms with Crippen LogP contribution in [0.4, 0.5) is 23.2 Å². The molecule has 218 valence electrons. The number of hydrogen-bond acceptors (Lipinski definition) is 7. The van der Waals surface area contributed by atoms with Crippen LogP contribution in [0.3, 0.4) is 0 Å². The van der Waals surface area contributed by atoms with Gasteiger partial charge >= 0.3 is 6.18 Å². The maximum absolute atomic E-state index is 14.9. The van der Waals surface area contributed by atoms with Crippen molar-refractivity contribution in [2.45, 2.75) is 46.0 Å². The highest BCUT2D eigenvalue weighted by Gasteiger charge is 2.37. The molecule has 11 nitrogen and oxygen atoms in total. The summed E-state index contributed by atoms with van der Waals surface area (Å²) in [6.07, 6.45) is -4.83. The van der Waals surface area contributed by atoms with Gasteiger partial charge in [0, 0.05) is 5.54 Å². The van der Waals surface area contributed by atoms with Gasteiger partial charge in [0.25, 0.3) is 17.6 Å². The van der Waals surface area contributed by atoms with Crippen molar-refractivity contribution in [2.24, 2.45) is 0 Å². The lowest BCUT2D eigenvalue weighted by molar-refractivity contribution is -0.145. The van der Waals surface area contributed by atoms with Crippen molar-refractivity contribution < 1.29 is 27.2 Å². The van der Waals surface area contributed by atoms with E-state index in [2.05, 4.69) is 31.1 Å². The molecule has 2 heterocycles. The number of benzene rings is 2. The SMILES string of the molecule is Cc1cc(C#N)cc(C(=O)NC(C)(C)C)c1NC(=O)c1cc(Cn2nnc(C(F)(F)F)n2)nn1-c1c(F)cccc1Cl. The van der Waals surface area contributed by atoms with Crippen molar-refractivity contribution in [3.05, 3.63) is 81.1 Å². The maximum Gasteiger partial charge on any atom is 0.455 e. The van der Waals surface area contributed by atoms with E-state index < -0.39 is 41.7 Å². The molecular formula is C26H22ClF4N9O2. The van der Waals surface area contributed by atoms with Crippen LogP contribution in [0.15, 0.2) is 36.4 Å². The van der Waals surface area contributed by atoms with Gasteiger partial charge in [-0.2, -0.15) is 28.3 Å². The highest BCUT2D eigenvalue weighted by Crippen LogP contribution is 2.28. The second-order valence-corrected chi connectivity index (χ2v) is 10.5. The molecule has 0 saturated heterocycles. The smallest absolute Gasteiger partial charge is 0.347 e. The molecule has 16 heteroatoms. The molecule has 0 radical (unpaired) electrons. The van der Waals surface area contributed by atoms with Crippen LogP contribution in [0.2, 0.25) is 5.02 Å². The molecule has 2 aromatic carbocycles. The minimum atomic E-state index is -4.83. The number of tetrazole rings is 1. The van der Waals surface area contributed by atoms with Crippen LogP contribution in [0.5, 0.6) is 0 Å². The Morgan fingerprint density at radius 3 is 2.40 bits per heavy atom. The average molecular weight is 604 g/mol. The summed E-state index contributed by atoms with van der Waals surface area (Å²) in [6, 6.07) is 9.71. The van der Waals surface area contributed by atoms with Gasteiger partial charge in [0.2, 0.25) is 0 Å². The first-order valence-electron chi connectivity index (χ1n) is 12.1. The van der Waals surface area contributed by atoms with Crippen molar-refractivity contribution in [2.75, 3.05) is 5.32 Å². The third-order valence-corrected chi connectivity index (χ3v) is 5.89. The third kappa shape index (κ3) is 6.55. The summed E-state index contributed by atoms with van der Waals surface area (Å²) in [5, 5.41) is 28.5. The molecule has 4 aromatic rings. The quantitative estimate of drug-likeness (QED) is 0.305. The van der Waals surface area contributed by atoms with Gasteiger partial charge in [0.1, 0.15) is 23.7 Å². The number of nitriles is 1. The summed E-state index contributed by atoms with van der Waals surface area (Å²) in [6.45, 7) is 6.38. The molecule has 0 aliphatic carbocycles. The molecule has 0 spiro atoms. The molecule has 2 amide bonds. The molecule has 0 unspecified atom stereocenters. The predicted octanol–water partition coefficient (Wildman–Crippen LogP) is 4.68. The normalized spacial score (nSPS) is 11.7. The number of amides is 2. The molecule has 0 fully saturated rings. The van der Waals surface area contributed by atoms with E-state index in [-0.39, 0.29) is 38.9 Å². The number of aromatic nitrogens is 6. The van der Waals surface area contributed by atoms with Crippen molar-refractivity contribution in [1.29, 1.82) is 5.26 Å². The number of anilines is 1. The van der Waals surface area contributed by atoms with Crippen LogP contribution in [0, 0.1) is 24.1 Å². The molecule has 4 rings (SSSR count). The Morgan fingerprint density at radius 2 is 1.81 bits per heavy atom. The Morgan fingerprint density at radius 1 is 1.10 bits per heavy atom. The largest absolute Gasteiger partial charge is 0.455 e. The number of hydrogen-bond donors (Lipinski definition) is 2. The molecule has 0 bridgehead atoms. The van der Waals surface area contributed by atoms with Crippen LogP contribution < -0.4 is 10.6 Å². The average Bonchev–Trinajstić information content (AvgIpc) is 3.51. The van der Waals surface area contributed by atoms with E-state index >= 15 is 0 Å². The zero-order valence-corrected chi connectivity index (χ0v) is 23.3. The van der Waals surface area contributed by atoms with E-state index in [1.165, 1.54) is 30.3 Å². The summed E-state index contributed by atoms with van der Waals surface area (Å²) in [4.78, 5) is 27.4. The fraction of sp³-hybridized carbons (Fsp3) is 0.269. The fourth-order valence-corrected chi connectivity index (χ4v) is 4.12. The standard InChI is InChI=1S/C26H22ClF4N9O2/c1-13-8-14(11-32)9-16(22(41)34-25(2,3)4)20(13)33-23(42)19-10-15(12-39-37-24(35-38-39)26(29,30)31)36-40(19)21-17(27)6-5-7-18(21)28/h5-10H,12H2,1-4H3,(H,33,42)(H,34,41).